The van der Waals surface area contributed by atoms with E-state index in [0.717, 1.165) is 12.5 Å². The van der Waals surface area contributed by atoms with Crippen molar-refractivity contribution in [1.29, 1.82) is 0 Å². The summed E-state index contributed by atoms with van der Waals surface area (Å²) in [6, 6.07) is 0. The molecule has 2 heteroatoms. The van der Waals surface area contributed by atoms with Gasteiger partial charge in [-0.3, -0.25) is 0 Å². The van der Waals surface area contributed by atoms with E-state index in [0.29, 0.717) is 5.41 Å². The van der Waals surface area contributed by atoms with E-state index < -0.39 is 9.04 Å². The standard InChI is InChI=1S/C15H34OSi/c1-7-14(15(2,3)4)12-10-8-9-11-13-16-17(5)6/h14,17H,7-13H2,1-6H3. The Morgan fingerprint density at radius 1 is 1.00 bits per heavy atom. The first-order valence-corrected chi connectivity index (χ1v) is 10.3. The molecule has 1 nitrogen and oxygen atoms in total. The predicted octanol–water partition coefficient (Wildman–Crippen LogP) is 5.01. The molecule has 0 aromatic rings. The average Bonchev–Trinajstić information content (AvgIpc) is 2.19. The first kappa shape index (κ1) is 17.2. The van der Waals surface area contributed by atoms with E-state index in [1.54, 1.807) is 0 Å². The van der Waals surface area contributed by atoms with Gasteiger partial charge in [0.15, 0.2) is 9.04 Å². The highest BCUT2D eigenvalue weighted by atomic mass is 28.3. The highest BCUT2D eigenvalue weighted by molar-refractivity contribution is 6.48. The zero-order valence-electron chi connectivity index (χ0n) is 13.0. The molecule has 0 aromatic heterocycles. The lowest BCUT2D eigenvalue weighted by Crippen LogP contribution is -2.19. The maximum atomic E-state index is 5.68. The molecule has 0 aliphatic rings. The maximum Gasteiger partial charge on any atom is 0.170 e. The van der Waals surface area contributed by atoms with E-state index in [1.165, 1.54) is 38.5 Å². The summed E-state index contributed by atoms with van der Waals surface area (Å²) in [5.74, 6) is 0.891. The molecular weight excluding hydrogens is 224 g/mol. The van der Waals surface area contributed by atoms with Crippen LogP contribution in [0.15, 0.2) is 0 Å². The van der Waals surface area contributed by atoms with Gasteiger partial charge in [-0.05, 0) is 37.3 Å². The molecule has 104 valence electrons. The van der Waals surface area contributed by atoms with Gasteiger partial charge in [-0.2, -0.15) is 0 Å². The van der Waals surface area contributed by atoms with Gasteiger partial charge in [0.25, 0.3) is 0 Å². The third kappa shape index (κ3) is 9.84. The molecule has 0 bridgehead atoms. The van der Waals surface area contributed by atoms with Crippen molar-refractivity contribution < 1.29 is 4.43 Å². The van der Waals surface area contributed by atoms with Crippen LogP contribution in [0.5, 0.6) is 0 Å². The monoisotopic (exact) mass is 258 g/mol. The Hall–Kier alpha value is 0.177. The third-order valence-electron chi connectivity index (χ3n) is 3.62. The largest absolute Gasteiger partial charge is 0.421 e. The molecule has 0 heterocycles. The van der Waals surface area contributed by atoms with Crippen LogP contribution in [0.1, 0.15) is 66.2 Å². The fourth-order valence-corrected chi connectivity index (χ4v) is 3.05. The molecule has 0 radical (unpaired) electrons. The summed E-state index contributed by atoms with van der Waals surface area (Å²) in [6.07, 6.45) is 8.12. The van der Waals surface area contributed by atoms with Crippen molar-refractivity contribution in [3.05, 3.63) is 0 Å². The zero-order valence-corrected chi connectivity index (χ0v) is 14.2. The highest BCUT2D eigenvalue weighted by Gasteiger charge is 2.21. The van der Waals surface area contributed by atoms with Gasteiger partial charge in [-0.25, -0.2) is 0 Å². The van der Waals surface area contributed by atoms with Gasteiger partial charge in [-0.15, -0.1) is 0 Å². The van der Waals surface area contributed by atoms with E-state index >= 15 is 0 Å². The molecular formula is C15H34OSi. The molecule has 0 fully saturated rings. The van der Waals surface area contributed by atoms with E-state index in [2.05, 4.69) is 40.8 Å². The van der Waals surface area contributed by atoms with Crippen LogP contribution in [0.4, 0.5) is 0 Å². The van der Waals surface area contributed by atoms with Crippen LogP contribution in [0.3, 0.4) is 0 Å². The molecule has 17 heavy (non-hydrogen) atoms. The van der Waals surface area contributed by atoms with Crippen LogP contribution in [0.2, 0.25) is 13.1 Å². The van der Waals surface area contributed by atoms with Crippen LogP contribution >= 0.6 is 0 Å². The smallest absolute Gasteiger partial charge is 0.170 e. The summed E-state index contributed by atoms with van der Waals surface area (Å²) in [7, 11) is -0.773. The Labute approximate surface area is 111 Å². The SMILES string of the molecule is CCC(CCCCCCO[SiH](C)C)C(C)(C)C. The lowest BCUT2D eigenvalue weighted by Gasteiger charge is -2.29. The van der Waals surface area contributed by atoms with E-state index in [1.807, 2.05) is 0 Å². The van der Waals surface area contributed by atoms with Gasteiger partial charge in [0, 0.05) is 6.61 Å². The molecule has 0 saturated heterocycles. The van der Waals surface area contributed by atoms with Crippen molar-refractivity contribution in [3.8, 4) is 0 Å². The first-order valence-electron chi connectivity index (χ1n) is 7.49. The van der Waals surface area contributed by atoms with Crippen molar-refractivity contribution >= 4 is 9.04 Å². The molecule has 1 atom stereocenters. The number of hydrogen-bond donors (Lipinski definition) is 0. The summed E-state index contributed by atoms with van der Waals surface area (Å²) < 4.78 is 5.68. The summed E-state index contributed by atoms with van der Waals surface area (Å²) in [6.45, 7) is 15.0. The minimum Gasteiger partial charge on any atom is -0.421 e. The fourth-order valence-electron chi connectivity index (χ4n) is 2.41. The second kappa shape index (κ2) is 9.15. The fraction of sp³-hybridized carbons (Fsp3) is 1.00. The zero-order chi connectivity index (χ0) is 13.3. The molecule has 0 aromatic carbocycles. The van der Waals surface area contributed by atoms with Crippen molar-refractivity contribution in [2.75, 3.05) is 6.61 Å². The normalized spacial score (nSPS) is 14.3. The number of hydrogen-bond acceptors (Lipinski definition) is 1. The Bertz CT molecular complexity index is 172. The predicted molar refractivity (Wildman–Crippen MR) is 81.2 cm³/mol. The Morgan fingerprint density at radius 3 is 2.06 bits per heavy atom. The third-order valence-corrected chi connectivity index (χ3v) is 4.52. The van der Waals surface area contributed by atoms with E-state index in [9.17, 15) is 0 Å². The summed E-state index contributed by atoms with van der Waals surface area (Å²) >= 11 is 0. The summed E-state index contributed by atoms with van der Waals surface area (Å²) in [4.78, 5) is 0. The second-order valence-corrected chi connectivity index (χ2v) is 9.02. The van der Waals surface area contributed by atoms with Gasteiger partial charge in [0.05, 0.1) is 0 Å². The lowest BCUT2D eigenvalue weighted by molar-refractivity contribution is 0.212. The van der Waals surface area contributed by atoms with Crippen LogP contribution in [-0.4, -0.2) is 15.6 Å². The Morgan fingerprint density at radius 2 is 1.59 bits per heavy atom. The Kier molecular flexibility index (Phi) is 9.25. The number of rotatable bonds is 9. The molecule has 0 aliphatic carbocycles. The molecule has 0 amide bonds. The van der Waals surface area contributed by atoms with Gasteiger partial charge in [0.2, 0.25) is 0 Å². The number of unbranched alkanes of at least 4 members (excludes halogenated alkanes) is 3. The summed E-state index contributed by atoms with van der Waals surface area (Å²) in [5, 5.41) is 0. The quantitative estimate of drug-likeness (QED) is 0.417. The van der Waals surface area contributed by atoms with Gasteiger partial charge < -0.3 is 4.43 Å². The van der Waals surface area contributed by atoms with Crippen LogP contribution in [-0.2, 0) is 4.43 Å². The molecule has 0 saturated carbocycles. The highest BCUT2D eigenvalue weighted by Crippen LogP contribution is 2.32. The van der Waals surface area contributed by atoms with Crippen LogP contribution in [0, 0.1) is 11.3 Å². The molecule has 1 unspecified atom stereocenters. The van der Waals surface area contributed by atoms with Crippen molar-refractivity contribution in [2.45, 2.75) is 79.3 Å². The maximum absolute atomic E-state index is 5.68. The lowest BCUT2D eigenvalue weighted by atomic mass is 9.76. The second-order valence-electron chi connectivity index (χ2n) is 6.59. The van der Waals surface area contributed by atoms with Crippen molar-refractivity contribution in [3.63, 3.8) is 0 Å². The van der Waals surface area contributed by atoms with E-state index in [4.69, 9.17) is 4.43 Å². The minimum atomic E-state index is -0.773. The van der Waals surface area contributed by atoms with Gasteiger partial charge in [0.1, 0.15) is 0 Å². The van der Waals surface area contributed by atoms with E-state index in [-0.39, 0.29) is 0 Å². The van der Waals surface area contributed by atoms with Gasteiger partial charge >= 0.3 is 0 Å². The Balaban J connectivity index is 3.44. The van der Waals surface area contributed by atoms with Gasteiger partial charge in [-0.1, -0.05) is 53.4 Å². The molecule has 0 spiro atoms. The van der Waals surface area contributed by atoms with Crippen molar-refractivity contribution in [1.82, 2.24) is 0 Å². The molecule has 0 aliphatic heterocycles. The first-order chi connectivity index (χ1) is 7.88. The molecule has 0 rings (SSSR count). The van der Waals surface area contributed by atoms with Crippen LogP contribution in [0.25, 0.3) is 0 Å². The molecule has 0 N–H and O–H groups in total. The van der Waals surface area contributed by atoms with Crippen LogP contribution < -0.4 is 0 Å². The minimum absolute atomic E-state index is 0.487. The average molecular weight is 259 g/mol. The van der Waals surface area contributed by atoms with Crippen molar-refractivity contribution in [2.24, 2.45) is 11.3 Å². The topological polar surface area (TPSA) is 9.23 Å². The summed E-state index contributed by atoms with van der Waals surface area (Å²) in [5.41, 5.74) is 0.487.